The molecule has 1 aliphatic carbocycles. The lowest BCUT2D eigenvalue weighted by Gasteiger charge is -2.24. The van der Waals surface area contributed by atoms with Gasteiger partial charge in [0.15, 0.2) is 0 Å². The van der Waals surface area contributed by atoms with Crippen LogP contribution in [0.4, 0.5) is 16.2 Å². The first kappa shape index (κ1) is 21.3. The molecule has 0 radical (unpaired) electrons. The zero-order valence-corrected chi connectivity index (χ0v) is 17.6. The lowest BCUT2D eigenvalue weighted by atomic mass is 9.95. The molecular weight excluding hydrogens is 387 g/mol. The molecule has 0 bridgehead atoms. The minimum atomic E-state index is -0.939. The van der Waals surface area contributed by atoms with E-state index in [0.29, 0.717) is 41.2 Å². The van der Waals surface area contributed by atoms with Crippen molar-refractivity contribution < 1.29 is 4.39 Å². The summed E-state index contributed by atoms with van der Waals surface area (Å²) in [7, 11) is 0. The summed E-state index contributed by atoms with van der Waals surface area (Å²) < 4.78 is 13.6. The molecule has 1 fully saturated rings. The predicted octanol–water partition coefficient (Wildman–Crippen LogP) is 4.74. The van der Waals surface area contributed by atoms with Crippen molar-refractivity contribution in [3.8, 4) is 17.3 Å². The molecule has 6 nitrogen and oxygen atoms in total. The summed E-state index contributed by atoms with van der Waals surface area (Å²) in [6, 6.07) is 4.35. The predicted molar refractivity (Wildman–Crippen MR) is 117 cm³/mol. The van der Waals surface area contributed by atoms with Crippen LogP contribution in [0.3, 0.4) is 0 Å². The highest BCUT2D eigenvalue weighted by Crippen LogP contribution is 2.30. The topological polar surface area (TPSA) is 86.5 Å². The summed E-state index contributed by atoms with van der Waals surface area (Å²) in [5, 5.41) is 15.8. The van der Waals surface area contributed by atoms with Crippen LogP contribution in [0, 0.1) is 11.3 Å². The van der Waals surface area contributed by atoms with Crippen LogP contribution in [0.25, 0.3) is 11.3 Å². The Labute approximate surface area is 176 Å². The van der Waals surface area contributed by atoms with E-state index in [1.54, 1.807) is 12.4 Å². The zero-order valence-electron chi connectivity index (χ0n) is 16.7. The molecule has 154 valence electrons. The Bertz CT molecular complexity index is 863. The molecule has 0 spiro atoms. The van der Waals surface area contributed by atoms with Gasteiger partial charge >= 0.3 is 0 Å². The number of nitrogens with one attached hydrogen (secondary N) is 2. The third-order valence-electron chi connectivity index (χ3n) is 5.22. The molecule has 2 heterocycles. The molecule has 0 saturated heterocycles. The van der Waals surface area contributed by atoms with Crippen LogP contribution in [0.1, 0.15) is 56.6 Å². The van der Waals surface area contributed by atoms with Crippen molar-refractivity contribution in [2.24, 2.45) is 0 Å². The van der Waals surface area contributed by atoms with Gasteiger partial charge < -0.3 is 10.6 Å². The van der Waals surface area contributed by atoms with E-state index in [1.807, 2.05) is 13.0 Å². The second kappa shape index (κ2) is 10.4. The van der Waals surface area contributed by atoms with Gasteiger partial charge in [-0.3, -0.25) is 4.98 Å². The Balaban J connectivity index is 1.92. The van der Waals surface area contributed by atoms with Gasteiger partial charge in [0.25, 0.3) is 0 Å². The second-order valence-electron chi connectivity index (χ2n) is 7.32. The van der Waals surface area contributed by atoms with Crippen molar-refractivity contribution in [2.45, 2.75) is 63.4 Å². The van der Waals surface area contributed by atoms with Gasteiger partial charge in [-0.25, -0.2) is 9.37 Å². The van der Waals surface area contributed by atoms with Crippen LogP contribution < -0.4 is 10.6 Å². The Kier molecular flexibility index (Phi) is 7.64. The maximum atomic E-state index is 13.6. The lowest BCUT2D eigenvalue weighted by molar-refractivity contribution is 0.340. The first-order valence-electron chi connectivity index (χ1n) is 10.2. The number of rotatable bonds is 8. The minimum Gasteiger partial charge on any atom is -0.367 e. The normalized spacial score (nSPS) is 15.5. The number of anilines is 2. The summed E-state index contributed by atoms with van der Waals surface area (Å²) in [4.78, 5) is 13.4. The number of thiol groups is 1. The highest BCUT2D eigenvalue weighted by atomic mass is 32.1. The molecule has 2 aromatic heterocycles. The molecule has 2 N–H and O–H groups in total. The Hall–Kier alpha value is -2.40. The highest BCUT2D eigenvalue weighted by molar-refractivity contribution is 7.79. The number of nitrogens with zero attached hydrogens (tertiary/aromatic N) is 4. The number of pyridine rings is 1. The largest absolute Gasteiger partial charge is 0.367 e. The Morgan fingerprint density at radius 3 is 2.76 bits per heavy atom. The van der Waals surface area contributed by atoms with Crippen molar-refractivity contribution in [3.63, 3.8) is 0 Å². The average molecular weight is 415 g/mol. The van der Waals surface area contributed by atoms with Crippen molar-refractivity contribution in [3.05, 3.63) is 29.6 Å². The van der Waals surface area contributed by atoms with Gasteiger partial charge in [0.1, 0.15) is 18.1 Å². The molecule has 0 amide bonds. The number of aromatic nitrogens is 3. The molecule has 8 heteroatoms. The smallest absolute Gasteiger partial charge is 0.224 e. The maximum absolute atomic E-state index is 13.6. The number of hydrogen-bond donors (Lipinski definition) is 3. The molecule has 1 atom stereocenters. The van der Waals surface area contributed by atoms with Crippen molar-refractivity contribution in [1.29, 1.82) is 5.26 Å². The Morgan fingerprint density at radius 1 is 1.28 bits per heavy atom. The van der Waals surface area contributed by atoms with E-state index in [1.165, 1.54) is 19.3 Å². The van der Waals surface area contributed by atoms with Gasteiger partial charge in [-0.05, 0) is 30.9 Å². The van der Waals surface area contributed by atoms with Gasteiger partial charge in [0.2, 0.25) is 5.95 Å². The maximum Gasteiger partial charge on any atom is 0.224 e. The molecule has 1 saturated carbocycles. The second-order valence-corrected chi connectivity index (χ2v) is 7.63. The fraction of sp³-hybridized carbons (Fsp3) is 0.524. The third-order valence-corrected chi connectivity index (χ3v) is 5.56. The van der Waals surface area contributed by atoms with E-state index in [-0.39, 0.29) is 6.54 Å². The molecule has 1 aliphatic rings. The molecule has 0 unspecified atom stereocenters. The fourth-order valence-corrected chi connectivity index (χ4v) is 3.69. The zero-order chi connectivity index (χ0) is 20.6. The van der Waals surface area contributed by atoms with E-state index in [2.05, 4.69) is 44.3 Å². The van der Waals surface area contributed by atoms with Gasteiger partial charge in [-0.1, -0.05) is 26.2 Å². The number of halogens is 1. The summed E-state index contributed by atoms with van der Waals surface area (Å²) in [6.45, 7) is 1.99. The standard InChI is InChI=1S/C21H27FN6S/c1-2-16(22)11-25-21-26-12-18(19-8-14(13-29)15(9-23)10-24-19)20(28-21)27-17-6-4-3-5-7-17/h8,10,12,16-17,29H,2-7,11,13H2,1H3,(H2,25,26,27,28)/t16-/m0/s1. The van der Waals surface area contributed by atoms with Gasteiger partial charge in [-0.2, -0.15) is 22.9 Å². The van der Waals surface area contributed by atoms with E-state index >= 15 is 0 Å². The fourth-order valence-electron chi connectivity index (χ4n) is 3.43. The monoisotopic (exact) mass is 414 g/mol. The molecule has 2 aromatic rings. The SMILES string of the molecule is CC[C@H](F)CNc1ncc(-c2cc(CS)c(C#N)cn2)c(NC2CCCCC2)n1. The first-order chi connectivity index (χ1) is 14.1. The number of alkyl halides is 1. The minimum absolute atomic E-state index is 0.178. The first-order valence-corrected chi connectivity index (χ1v) is 10.8. The Morgan fingerprint density at radius 2 is 2.07 bits per heavy atom. The van der Waals surface area contributed by atoms with Crippen molar-refractivity contribution in [2.75, 3.05) is 17.2 Å². The summed E-state index contributed by atoms with van der Waals surface area (Å²) in [5.74, 6) is 1.52. The van der Waals surface area contributed by atoms with Crippen LogP contribution in [-0.4, -0.2) is 33.7 Å². The average Bonchev–Trinajstić information content (AvgIpc) is 2.77. The van der Waals surface area contributed by atoms with E-state index in [9.17, 15) is 9.65 Å². The van der Waals surface area contributed by atoms with E-state index in [0.717, 1.165) is 24.0 Å². The van der Waals surface area contributed by atoms with Gasteiger partial charge in [0, 0.05) is 30.7 Å². The lowest BCUT2D eigenvalue weighted by Crippen LogP contribution is -2.24. The van der Waals surface area contributed by atoms with Crippen LogP contribution in [0.2, 0.25) is 0 Å². The number of nitriles is 1. The van der Waals surface area contributed by atoms with Gasteiger partial charge in [0.05, 0.1) is 16.8 Å². The van der Waals surface area contributed by atoms with Crippen molar-refractivity contribution >= 4 is 24.4 Å². The molecule has 0 aromatic carbocycles. The molecule has 0 aliphatic heterocycles. The van der Waals surface area contributed by atoms with Crippen LogP contribution in [0.15, 0.2) is 18.5 Å². The molecular formula is C21H27FN6S. The quantitative estimate of drug-likeness (QED) is 0.541. The molecule has 3 rings (SSSR count). The summed E-state index contributed by atoms with van der Waals surface area (Å²) in [6.07, 6.45) is 8.62. The van der Waals surface area contributed by atoms with Crippen LogP contribution in [0.5, 0.6) is 0 Å². The van der Waals surface area contributed by atoms with Crippen LogP contribution in [-0.2, 0) is 5.75 Å². The highest BCUT2D eigenvalue weighted by Gasteiger charge is 2.18. The summed E-state index contributed by atoms with van der Waals surface area (Å²) in [5.41, 5.74) is 2.78. The molecule has 29 heavy (non-hydrogen) atoms. The van der Waals surface area contributed by atoms with E-state index in [4.69, 9.17) is 0 Å². The third kappa shape index (κ3) is 5.57. The van der Waals surface area contributed by atoms with Crippen LogP contribution >= 0.6 is 12.6 Å². The summed E-state index contributed by atoms with van der Waals surface area (Å²) >= 11 is 4.33. The number of hydrogen-bond acceptors (Lipinski definition) is 7. The van der Waals surface area contributed by atoms with E-state index < -0.39 is 6.17 Å². The van der Waals surface area contributed by atoms with Crippen molar-refractivity contribution in [1.82, 2.24) is 15.0 Å². The van der Waals surface area contributed by atoms with Gasteiger partial charge in [-0.15, -0.1) is 0 Å².